The van der Waals surface area contributed by atoms with Gasteiger partial charge in [0.15, 0.2) is 0 Å². The number of halogens is 1. The van der Waals surface area contributed by atoms with Crippen LogP contribution in [-0.2, 0) is 11.2 Å². The molecule has 3 aromatic rings. The van der Waals surface area contributed by atoms with E-state index in [0.29, 0.717) is 11.3 Å². The maximum absolute atomic E-state index is 13.8. The highest BCUT2D eigenvalue weighted by atomic mass is 19.1. The molecule has 3 aromatic carbocycles. The number of carbonyl (C=O) groups excluding carboxylic acids is 2. The van der Waals surface area contributed by atoms with E-state index in [2.05, 4.69) is 17.6 Å². The first-order chi connectivity index (χ1) is 14.5. The van der Waals surface area contributed by atoms with Crippen molar-refractivity contribution in [1.82, 2.24) is 5.32 Å². The lowest BCUT2D eigenvalue weighted by molar-refractivity contribution is -0.115. The van der Waals surface area contributed by atoms with Crippen LogP contribution in [0.2, 0.25) is 0 Å². The smallest absolute Gasteiger partial charge is 0.248 e. The molecule has 0 fully saturated rings. The van der Waals surface area contributed by atoms with E-state index in [1.54, 1.807) is 30.3 Å². The van der Waals surface area contributed by atoms with Gasteiger partial charge in [0, 0.05) is 11.3 Å². The Kier molecular flexibility index (Phi) is 6.93. The fraction of sp³-hybridized carbons (Fsp3) is 0.167. The van der Waals surface area contributed by atoms with Gasteiger partial charge in [0.05, 0.1) is 12.6 Å². The molecule has 0 unspecified atom stereocenters. The Balaban J connectivity index is 1.72. The Bertz CT molecular complexity index is 1020. The molecule has 0 aromatic heterocycles. The van der Waals surface area contributed by atoms with E-state index in [1.165, 1.54) is 17.7 Å². The van der Waals surface area contributed by atoms with E-state index in [-0.39, 0.29) is 24.3 Å². The Morgan fingerprint density at radius 1 is 0.967 bits per heavy atom. The third-order valence-electron chi connectivity index (χ3n) is 4.82. The van der Waals surface area contributed by atoms with Crippen molar-refractivity contribution >= 4 is 17.5 Å². The molecule has 30 heavy (non-hydrogen) atoms. The summed E-state index contributed by atoms with van der Waals surface area (Å²) in [5, 5.41) is 5.98. The second-order valence-corrected chi connectivity index (χ2v) is 6.95. The minimum absolute atomic E-state index is 0.0221. The predicted molar refractivity (Wildman–Crippen MR) is 116 cm³/mol. The maximum Gasteiger partial charge on any atom is 0.248 e. The van der Waals surface area contributed by atoms with Crippen molar-refractivity contribution in [2.24, 2.45) is 5.73 Å². The number of nitrogens with two attached hydrogens (primary N) is 1. The second-order valence-electron chi connectivity index (χ2n) is 6.95. The Hall–Kier alpha value is -3.51. The van der Waals surface area contributed by atoms with Gasteiger partial charge in [-0.25, -0.2) is 4.39 Å². The minimum atomic E-state index is -0.526. The van der Waals surface area contributed by atoms with Crippen molar-refractivity contribution in [3.8, 4) is 0 Å². The van der Waals surface area contributed by atoms with Gasteiger partial charge >= 0.3 is 0 Å². The van der Waals surface area contributed by atoms with Gasteiger partial charge in [0.2, 0.25) is 11.8 Å². The highest BCUT2D eigenvalue weighted by Crippen LogP contribution is 2.23. The number of primary amides is 1. The van der Waals surface area contributed by atoms with E-state index < -0.39 is 5.91 Å². The molecule has 0 aliphatic rings. The number of hydrogen-bond acceptors (Lipinski definition) is 3. The summed E-state index contributed by atoms with van der Waals surface area (Å²) < 4.78 is 13.8. The van der Waals surface area contributed by atoms with E-state index in [1.807, 2.05) is 30.3 Å². The van der Waals surface area contributed by atoms with Gasteiger partial charge < -0.3 is 11.1 Å². The van der Waals surface area contributed by atoms with Gasteiger partial charge in [0.25, 0.3) is 0 Å². The number of aryl methyl sites for hydroxylation is 1. The first kappa shape index (κ1) is 21.2. The number of nitrogens with one attached hydrogen (secondary N) is 2. The average molecular weight is 405 g/mol. The molecule has 3 rings (SSSR count). The second kappa shape index (κ2) is 9.80. The molecule has 0 bridgehead atoms. The summed E-state index contributed by atoms with van der Waals surface area (Å²) in [4.78, 5) is 23.6. The van der Waals surface area contributed by atoms with Crippen LogP contribution in [0.25, 0.3) is 0 Å². The van der Waals surface area contributed by atoms with E-state index in [0.717, 1.165) is 17.5 Å². The number of carbonyl (C=O) groups is 2. The third kappa shape index (κ3) is 5.52. The van der Waals surface area contributed by atoms with Crippen molar-refractivity contribution in [3.05, 3.63) is 101 Å². The van der Waals surface area contributed by atoms with E-state index in [9.17, 15) is 14.0 Å². The molecule has 0 aliphatic carbocycles. The first-order valence-electron chi connectivity index (χ1n) is 9.73. The molecule has 0 aliphatic heterocycles. The predicted octanol–water partition coefficient (Wildman–Crippen LogP) is 3.80. The van der Waals surface area contributed by atoms with Crippen LogP contribution in [0.3, 0.4) is 0 Å². The molecular formula is C24H24FN3O2. The van der Waals surface area contributed by atoms with Crippen molar-refractivity contribution in [2.75, 3.05) is 11.9 Å². The molecular weight excluding hydrogens is 381 g/mol. The summed E-state index contributed by atoms with van der Waals surface area (Å²) in [7, 11) is 0. The average Bonchev–Trinajstić information content (AvgIpc) is 2.75. The normalized spacial score (nSPS) is 11.7. The van der Waals surface area contributed by atoms with Crippen LogP contribution in [0.1, 0.15) is 40.0 Å². The SMILES string of the molecule is CCc1ccc([C@@H](NCC(=O)Nc2ccc(C(N)=O)cc2)c2cccc(F)c2)cc1. The minimum Gasteiger partial charge on any atom is -0.366 e. The fourth-order valence-corrected chi connectivity index (χ4v) is 3.18. The third-order valence-corrected chi connectivity index (χ3v) is 4.82. The van der Waals surface area contributed by atoms with E-state index in [4.69, 9.17) is 5.73 Å². The van der Waals surface area contributed by atoms with Crippen LogP contribution < -0.4 is 16.4 Å². The van der Waals surface area contributed by atoms with Gasteiger partial charge in [-0.3, -0.25) is 14.9 Å². The van der Waals surface area contributed by atoms with Crippen molar-refractivity contribution in [1.29, 1.82) is 0 Å². The van der Waals surface area contributed by atoms with Crippen LogP contribution in [0.4, 0.5) is 10.1 Å². The molecule has 6 heteroatoms. The van der Waals surface area contributed by atoms with Crippen LogP contribution >= 0.6 is 0 Å². The van der Waals surface area contributed by atoms with Gasteiger partial charge in [0.1, 0.15) is 5.82 Å². The monoisotopic (exact) mass is 405 g/mol. The summed E-state index contributed by atoms with van der Waals surface area (Å²) >= 11 is 0. The highest BCUT2D eigenvalue weighted by molar-refractivity contribution is 5.95. The molecule has 0 heterocycles. The summed E-state index contributed by atoms with van der Waals surface area (Å²) in [6.07, 6.45) is 0.926. The first-order valence-corrected chi connectivity index (χ1v) is 9.73. The summed E-state index contributed by atoms with van der Waals surface area (Å²) in [6, 6.07) is 20.4. The number of benzene rings is 3. The summed E-state index contributed by atoms with van der Waals surface area (Å²) in [6.45, 7) is 2.10. The highest BCUT2D eigenvalue weighted by Gasteiger charge is 2.16. The molecule has 0 saturated heterocycles. The molecule has 5 nitrogen and oxygen atoms in total. The van der Waals surface area contributed by atoms with Crippen molar-refractivity contribution < 1.29 is 14.0 Å². The Morgan fingerprint density at radius 3 is 2.27 bits per heavy atom. The lowest BCUT2D eigenvalue weighted by Gasteiger charge is -2.20. The maximum atomic E-state index is 13.8. The van der Waals surface area contributed by atoms with Gasteiger partial charge in [-0.05, 0) is 59.5 Å². The number of hydrogen-bond donors (Lipinski definition) is 3. The van der Waals surface area contributed by atoms with Crippen LogP contribution in [0.5, 0.6) is 0 Å². The topological polar surface area (TPSA) is 84.2 Å². The van der Waals surface area contributed by atoms with Crippen molar-refractivity contribution in [2.45, 2.75) is 19.4 Å². The Labute approximate surface area is 175 Å². The standard InChI is InChI=1S/C24H24FN3O2/c1-2-16-6-8-17(9-7-16)23(19-4-3-5-20(25)14-19)27-15-22(29)28-21-12-10-18(11-13-21)24(26)30/h3-14,23,27H,2,15H2,1H3,(H2,26,30)(H,28,29)/t23-/m1/s1. The van der Waals surface area contributed by atoms with Gasteiger partial charge in [-0.2, -0.15) is 0 Å². The van der Waals surface area contributed by atoms with Crippen LogP contribution in [-0.4, -0.2) is 18.4 Å². The van der Waals surface area contributed by atoms with Gasteiger partial charge in [-0.1, -0.05) is 43.3 Å². The zero-order valence-corrected chi connectivity index (χ0v) is 16.7. The zero-order valence-electron chi connectivity index (χ0n) is 16.7. The molecule has 4 N–H and O–H groups in total. The van der Waals surface area contributed by atoms with Crippen LogP contribution in [0.15, 0.2) is 72.8 Å². The van der Waals surface area contributed by atoms with Crippen LogP contribution in [0, 0.1) is 5.82 Å². The number of anilines is 1. The van der Waals surface area contributed by atoms with E-state index >= 15 is 0 Å². The van der Waals surface area contributed by atoms with Crippen molar-refractivity contribution in [3.63, 3.8) is 0 Å². The van der Waals surface area contributed by atoms with Gasteiger partial charge in [-0.15, -0.1) is 0 Å². The lowest BCUT2D eigenvalue weighted by Crippen LogP contribution is -2.32. The fourth-order valence-electron chi connectivity index (χ4n) is 3.18. The molecule has 0 saturated carbocycles. The zero-order chi connectivity index (χ0) is 21.5. The largest absolute Gasteiger partial charge is 0.366 e. The molecule has 1 atom stereocenters. The Morgan fingerprint density at radius 2 is 1.67 bits per heavy atom. The molecule has 0 spiro atoms. The summed E-state index contributed by atoms with van der Waals surface area (Å²) in [5.74, 6) is -1.11. The molecule has 0 radical (unpaired) electrons. The molecule has 2 amide bonds. The summed E-state index contributed by atoms with van der Waals surface area (Å²) in [5.41, 5.74) is 9.03. The quantitative estimate of drug-likeness (QED) is 0.533. The molecule has 154 valence electrons. The number of rotatable bonds is 8. The lowest BCUT2D eigenvalue weighted by atomic mass is 9.97. The number of amides is 2.